The molecule has 122 valence electrons. The van der Waals surface area contributed by atoms with E-state index >= 15 is 0 Å². The molecule has 0 unspecified atom stereocenters. The van der Waals surface area contributed by atoms with Gasteiger partial charge in [-0.1, -0.05) is 53.3 Å². The van der Waals surface area contributed by atoms with E-state index in [4.69, 9.17) is 23.8 Å². The number of rotatable bonds is 3. The Bertz CT molecular complexity index is 870. The predicted molar refractivity (Wildman–Crippen MR) is 104 cm³/mol. The predicted octanol–water partition coefficient (Wildman–Crippen LogP) is 4.31. The van der Waals surface area contributed by atoms with Crippen molar-refractivity contribution in [2.45, 2.75) is 13.3 Å². The van der Waals surface area contributed by atoms with E-state index in [0.29, 0.717) is 10.2 Å². The molecule has 3 aromatic rings. The fraction of sp³-hybridized carbons (Fsp3) is 0.118. The molecular formula is C17H14ClN3OS2. The minimum atomic E-state index is -0.168. The van der Waals surface area contributed by atoms with E-state index in [2.05, 4.69) is 15.6 Å². The maximum absolute atomic E-state index is 12.0. The Labute approximate surface area is 153 Å². The second-order valence-electron chi connectivity index (χ2n) is 5.25. The molecule has 0 saturated carbocycles. The van der Waals surface area contributed by atoms with E-state index in [1.807, 2.05) is 49.4 Å². The topological polar surface area (TPSA) is 54.0 Å². The molecule has 1 aromatic heterocycles. The highest BCUT2D eigenvalue weighted by Crippen LogP contribution is 2.30. The van der Waals surface area contributed by atoms with Crippen molar-refractivity contribution in [3.05, 3.63) is 58.6 Å². The van der Waals surface area contributed by atoms with Gasteiger partial charge in [0.1, 0.15) is 0 Å². The first-order chi connectivity index (χ1) is 11.5. The molecule has 0 spiro atoms. The maximum Gasteiger partial charge on any atom is 0.230 e. The molecule has 0 bridgehead atoms. The van der Waals surface area contributed by atoms with Crippen LogP contribution in [0.5, 0.6) is 0 Å². The fourth-order valence-electron chi connectivity index (χ4n) is 2.18. The first kappa shape index (κ1) is 16.8. The van der Waals surface area contributed by atoms with Crippen molar-refractivity contribution < 1.29 is 4.79 Å². The van der Waals surface area contributed by atoms with Gasteiger partial charge in [-0.2, -0.15) is 0 Å². The van der Waals surface area contributed by atoms with Crippen LogP contribution in [0.3, 0.4) is 0 Å². The van der Waals surface area contributed by atoms with Crippen LogP contribution in [0.4, 0.5) is 5.13 Å². The van der Waals surface area contributed by atoms with Crippen LogP contribution < -0.4 is 10.6 Å². The average Bonchev–Trinajstić information content (AvgIpc) is 2.89. The summed E-state index contributed by atoms with van der Waals surface area (Å²) in [6, 6.07) is 13.3. The Morgan fingerprint density at radius 1 is 1.29 bits per heavy atom. The van der Waals surface area contributed by atoms with Crippen LogP contribution in [-0.4, -0.2) is 16.0 Å². The number of halogens is 1. The van der Waals surface area contributed by atoms with E-state index in [9.17, 15) is 4.79 Å². The number of fused-ring (bicyclic) bond motifs is 1. The van der Waals surface area contributed by atoms with Gasteiger partial charge in [0.05, 0.1) is 16.6 Å². The Morgan fingerprint density at radius 3 is 2.79 bits per heavy atom. The van der Waals surface area contributed by atoms with E-state index in [1.165, 1.54) is 11.3 Å². The second kappa shape index (κ2) is 7.25. The van der Waals surface area contributed by atoms with E-state index in [0.717, 1.165) is 21.3 Å². The lowest BCUT2D eigenvalue weighted by molar-refractivity contribution is -0.119. The first-order valence-electron chi connectivity index (χ1n) is 7.23. The highest BCUT2D eigenvalue weighted by Gasteiger charge is 2.10. The SMILES string of the molecule is Cc1cc2sc(NC(=S)NC(=O)Cc3ccccc3)nc2cc1Cl. The van der Waals surface area contributed by atoms with Gasteiger partial charge < -0.3 is 10.6 Å². The monoisotopic (exact) mass is 375 g/mol. The molecule has 3 rings (SSSR count). The summed E-state index contributed by atoms with van der Waals surface area (Å²) >= 11 is 12.8. The molecule has 4 nitrogen and oxygen atoms in total. The zero-order valence-corrected chi connectivity index (χ0v) is 15.2. The van der Waals surface area contributed by atoms with E-state index < -0.39 is 0 Å². The summed E-state index contributed by atoms with van der Waals surface area (Å²) in [5.74, 6) is -0.168. The lowest BCUT2D eigenvalue weighted by Gasteiger charge is -2.07. The number of anilines is 1. The van der Waals surface area contributed by atoms with Crippen LogP contribution in [-0.2, 0) is 11.2 Å². The smallest absolute Gasteiger partial charge is 0.230 e. The summed E-state index contributed by atoms with van der Waals surface area (Å²) in [6.07, 6.45) is 0.275. The minimum absolute atomic E-state index is 0.168. The highest BCUT2D eigenvalue weighted by atomic mass is 35.5. The van der Waals surface area contributed by atoms with Crippen molar-refractivity contribution in [2.24, 2.45) is 0 Å². The van der Waals surface area contributed by atoms with Crippen LogP contribution in [0.2, 0.25) is 5.02 Å². The number of nitrogens with zero attached hydrogens (tertiary/aromatic N) is 1. The van der Waals surface area contributed by atoms with Gasteiger partial charge in [-0.25, -0.2) is 4.98 Å². The van der Waals surface area contributed by atoms with Crippen LogP contribution in [0.15, 0.2) is 42.5 Å². The van der Waals surface area contributed by atoms with Gasteiger partial charge in [-0.3, -0.25) is 4.79 Å². The van der Waals surface area contributed by atoms with Crippen molar-refractivity contribution >= 4 is 61.5 Å². The number of thiocarbonyl (C=S) groups is 1. The van der Waals surface area contributed by atoms with Gasteiger partial charge in [-0.05, 0) is 42.4 Å². The number of carbonyl (C=O) groups is 1. The zero-order chi connectivity index (χ0) is 17.1. The summed E-state index contributed by atoms with van der Waals surface area (Å²) in [6.45, 7) is 1.95. The van der Waals surface area contributed by atoms with Crippen molar-refractivity contribution in [3.8, 4) is 0 Å². The number of aryl methyl sites for hydroxylation is 1. The highest BCUT2D eigenvalue weighted by molar-refractivity contribution is 7.80. The van der Waals surface area contributed by atoms with Gasteiger partial charge in [-0.15, -0.1) is 0 Å². The average molecular weight is 376 g/mol. The maximum atomic E-state index is 12.0. The molecule has 2 aromatic carbocycles. The fourth-order valence-corrected chi connectivity index (χ4v) is 3.57. The lowest BCUT2D eigenvalue weighted by Crippen LogP contribution is -2.35. The number of benzene rings is 2. The largest absolute Gasteiger partial charge is 0.308 e. The van der Waals surface area contributed by atoms with Gasteiger partial charge in [0.25, 0.3) is 0 Å². The molecule has 0 aliphatic carbocycles. The second-order valence-corrected chi connectivity index (χ2v) is 7.10. The Balaban J connectivity index is 1.63. The number of carbonyl (C=O) groups excluding carboxylic acids is 1. The quantitative estimate of drug-likeness (QED) is 0.669. The van der Waals surface area contributed by atoms with Gasteiger partial charge in [0, 0.05) is 5.02 Å². The van der Waals surface area contributed by atoms with E-state index in [-0.39, 0.29) is 17.4 Å². The van der Waals surface area contributed by atoms with Crippen molar-refractivity contribution in [1.82, 2.24) is 10.3 Å². The standard InChI is InChI=1S/C17H14ClN3OS2/c1-10-7-14-13(9-12(10)18)19-17(24-14)21-16(23)20-15(22)8-11-5-3-2-4-6-11/h2-7,9H,8H2,1H3,(H2,19,20,21,22,23). The van der Waals surface area contributed by atoms with Crippen molar-refractivity contribution in [1.29, 1.82) is 0 Å². The van der Waals surface area contributed by atoms with Crippen LogP contribution in [0.25, 0.3) is 10.2 Å². The number of thiazole rings is 1. The number of hydrogen-bond acceptors (Lipinski definition) is 4. The Kier molecular flexibility index (Phi) is 5.08. The molecule has 24 heavy (non-hydrogen) atoms. The molecule has 0 aliphatic heterocycles. The molecule has 1 amide bonds. The van der Waals surface area contributed by atoms with Crippen LogP contribution in [0, 0.1) is 6.92 Å². The van der Waals surface area contributed by atoms with Crippen molar-refractivity contribution in [2.75, 3.05) is 5.32 Å². The number of aromatic nitrogens is 1. The molecule has 2 N–H and O–H groups in total. The zero-order valence-electron chi connectivity index (χ0n) is 12.8. The van der Waals surface area contributed by atoms with Crippen LogP contribution >= 0.6 is 35.2 Å². The van der Waals surface area contributed by atoms with Crippen molar-refractivity contribution in [3.63, 3.8) is 0 Å². The normalized spacial score (nSPS) is 10.6. The third kappa shape index (κ3) is 4.08. The molecular weight excluding hydrogens is 362 g/mol. The van der Waals surface area contributed by atoms with Gasteiger partial charge in [0.15, 0.2) is 10.2 Å². The third-order valence-electron chi connectivity index (χ3n) is 3.35. The lowest BCUT2D eigenvalue weighted by atomic mass is 10.1. The molecule has 7 heteroatoms. The molecule has 0 aliphatic rings. The Morgan fingerprint density at radius 2 is 2.04 bits per heavy atom. The third-order valence-corrected chi connectivity index (χ3v) is 4.89. The number of hydrogen-bond donors (Lipinski definition) is 2. The first-order valence-corrected chi connectivity index (χ1v) is 8.83. The number of amides is 1. The molecule has 0 fully saturated rings. The summed E-state index contributed by atoms with van der Waals surface area (Å²) in [5.41, 5.74) is 2.73. The molecule has 1 heterocycles. The summed E-state index contributed by atoms with van der Waals surface area (Å²) in [7, 11) is 0. The van der Waals surface area contributed by atoms with Crippen LogP contribution in [0.1, 0.15) is 11.1 Å². The van der Waals surface area contributed by atoms with E-state index in [1.54, 1.807) is 0 Å². The van der Waals surface area contributed by atoms with Gasteiger partial charge in [0.2, 0.25) is 5.91 Å². The van der Waals surface area contributed by atoms with Gasteiger partial charge >= 0.3 is 0 Å². The summed E-state index contributed by atoms with van der Waals surface area (Å²) in [5, 5.41) is 7.15. The minimum Gasteiger partial charge on any atom is -0.308 e. The molecule has 0 atom stereocenters. The Hall–Kier alpha value is -2.02. The summed E-state index contributed by atoms with van der Waals surface area (Å²) in [4.78, 5) is 16.4. The number of nitrogens with one attached hydrogen (secondary N) is 2. The molecule has 0 saturated heterocycles. The molecule has 0 radical (unpaired) electrons. The summed E-state index contributed by atoms with van der Waals surface area (Å²) < 4.78 is 1.01.